The van der Waals surface area contributed by atoms with Crippen LogP contribution in [0.1, 0.15) is 5.56 Å². The van der Waals surface area contributed by atoms with Crippen LogP contribution in [-0.4, -0.2) is 38.5 Å². The van der Waals surface area contributed by atoms with Crippen molar-refractivity contribution in [3.8, 4) is 22.9 Å². The van der Waals surface area contributed by atoms with Gasteiger partial charge in [-0.3, -0.25) is 0 Å². The number of rotatable bonds is 6. The minimum absolute atomic E-state index is 0.293. The average Bonchev–Trinajstić information content (AvgIpc) is 2.53. The zero-order valence-corrected chi connectivity index (χ0v) is 12.9. The van der Waals surface area contributed by atoms with Crippen molar-refractivity contribution in [3.05, 3.63) is 54.1 Å². The van der Waals surface area contributed by atoms with Gasteiger partial charge in [0.05, 0.1) is 25.7 Å². The first kappa shape index (κ1) is 16.0. The zero-order chi connectivity index (χ0) is 15.9. The van der Waals surface area contributed by atoms with Gasteiger partial charge in [-0.15, -0.1) is 0 Å². The lowest BCUT2D eigenvalue weighted by Crippen LogP contribution is -3.07. The molecular weight excluding hydrogens is 276 g/mol. The third-order valence-electron chi connectivity index (χ3n) is 3.29. The van der Waals surface area contributed by atoms with Gasteiger partial charge in [0.15, 0.2) is 0 Å². The Hall–Kier alpha value is -2.35. The number of aliphatic hydroxyl groups excluding tert-OH is 1. The number of likely N-dealkylation sites (N-methyl/N-ethyl adjacent to an activating group) is 1. The van der Waals surface area contributed by atoms with Crippen LogP contribution in [0.5, 0.6) is 5.75 Å². The Morgan fingerprint density at radius 2 is 1.59 bits per heavy atom. The van der Waals surface area contributed by atoms with Gasteiger partial charge in [0.2, 0.25) is 0 Å². The van der Waals surface area contributed by atoms with Crippen LogP contribution in [0.2, 0.25) is 0 Å². The topological polar surface area (TPSA) is 57.7 Å². The SMILES string of the molecule is C[NH+](C)C[C@@H](O)COc1ccc(-c2ccc(C#N)cc2)cc1. The monoisotopic (exact) mass is 297 g/mol. The van der Waals surface area contributed by atoms with Crippen molar-refractivity contribution >= 4 is 0 Å². The minimum Gasteiger partial charge on any atom is -0.491 e. The van der Waals surface area contributed by atoms with Crippen LogP contribution < -0.4 is 9.64 Å². The second kappa shape index (κ2) is 7.60. The first-order valence-electron chi connectivity index (χ1n) is 7.29. The van der Waals surface area contributed by atoms with Crippen LogP contribution in [0, 0.1) is 11.3 Å². The summed E-state index contributed by atoms with van der Waals surface area (Å²) in [5.41, 5.74) is 2.78. The van der Waals surface area contributed by atoms with Gasteiger partial charge in [-0.05, 0) is 35.4 Å². The number of nitrogens with one attached hydrogen (secondary N) is 1. The van der Waals surface area contributed by atoms with Crippen LogP contribution >= 0.6 is 0 Å². The maximum absolute atomic E-state index is 9.79. The highest BCUT2D eigenvalue weighted by atomic mass is 16.5. The minimum atomic E-state index is -0.469. The third kappa shape index (κ3) is 4.59. The first-order chi connectivity index (χ1) is 10.6. The van der Waals surface area contributed by atoms with Gasteiger partial charge in [0.1, 0.15) is 25.0 Å². The molecule has 0 unspecified atom stereocenters. The molecule has 2 aromatic carbocycles. The maximum Gasteiger partial charge on any atom is 0.137 e. The highest BCUT2D eigenvalue weighted by molar-refractivity contribution is 5.64. The van der Waals surface area contributed by atoms with Gasteiger partial charge in [-0.2, -0.15) is 5.26 Å². The van der Waals surface area contributed by atoms with E-state index < -0.39 is 6.10 Å². The molecule has 0 amide bonds. The van der Waals surface area contributed by atoms with E-state index in [9.17, 15) is 5.11 Å². The molecular formula is C18H21N2O2+. The lowest BCUT2D eigenvalue weighted by Gasteiger charge is -2.14. The Labute approximate surface area is 131 Å². The second-order valence-corrected chi connectivity index (χ2v) is 5.59. The fourth-order valence-electron chi connectivity index (χ4n) is 2.20. The number of hydrogen-bond donors (Lipinski definition) is 2. The standard InChI is InChI=1S/C18H20N2O2/c1-20(2)12-17(21)13-22-18-9-7-16(8-10-18)15-5-3-14(11-19)4-6-15/h3-10,17,21H,12-13H2,1-2H3/p+1/t17-/m1/s1. The van der Waals surface area contributed by atoms with Crippen LogP contribution in [0.4, 0.5) is 0 Å². The molecule has 2 N–H and O–H groups in total. The van der Waals surface area contributed by atoms with Crippen LogP contribution in [0.25, 0.3) is 11.1 Å². The van der Waals surface area contributed by atoms with Crippen molar-refractivity contribution in [2.45, 2.75) is 6.10 Å². The quantitative estimate of drug-likeness (QED) is 0.840. The predicted molar refractivity (Wildman–Crippen MR) is 85.8 cm³/mol. The summed E-state index contributed by atoms with van der Waals surface area (Å²) in [4.78, 5) is 1.19. The van der Waals surface area contributed by atoms with E-state index in [2.05, 4.69) is 6.07 Å². The third-order valence-corrected chi connectivity index (χ3v) is 3.29. The molecule has 4 heteroatoms. The predicted octanol–water partition coefficient (Wildman–Crippen LogP) is 1.11. The van der Waals surface area contributed by atoms with Gasteiger partial charge in [-0.25, -0.2) is 0 Å². The van der Waals surface area contributed by atoms with E-state index in [1.807, 2.05) is 50.5 Å². The molecule has 0 aliphatic heterocycles. The van der Waals surface area contributed by atoms with Crippen molar-refractivity contribution in [2.75, 3.05) is 27.2 Å². The van der Waals surface area contributed by atoms with E-state index in [1.54, 1.807) is 12.1 Å². The summed E-state index contributed by atoms with van der Waals surface area (Å²) < 4.78 is 5.59. The van der Waals surface area contributed by atoms with Gasteiger partial charge in [0, 0.05) is 0 Å². The molecule has 0 bridgehead atoms. The summed E-state index contributed by atoms with van der Waals surface area (Å²) in [6.07, 6.45) is -0.469. The molecule has 0 spiro atoms. The van der Waals surface area contributed by atoms with E-state index >= 15 is 0 Å². The zero-order valence-electron chi connectivity index (χ0n) is 12.9. The van der Waals surface area contributed by atoms with Crippen molar-refractivity contribution < 1.29 is 14.7 Å². The molecule has 0 aliphatic carbocycles. The van der Waals surface area contributed by atoms with Crippen LogP contribution in [-0.2, 0) is 0 Å². The lowest BCUT2D eigenvalue weighted by atomic mass is 10.0. The van der Waals surface area contributed by atoms with E-state index in [1.165, 1.54) is 4.90 Å². The molecule has 22 heavy (non-hydrogen) atoms. The molecule has 0 aliphatic rings. The number of nitrogens with zero attached hydrogens (tertiary/aromatic N) is 1. The van der Waals surface area contributed by atoms with Crippen LogP contribution in [0.15, 0.2) is 48.5 Å². The maximum atomic E-state index is 9.79. The summed E-state index contributed by atoms with van der Waals surface area (Å²) in [6, 6.07) is 17.3. The highest BCUT2D eigenvalue weighted by Crippen LogP contribution is 2.22. The molecule has 2 rings (SSSR count). The molecule has 2 aromatic rings. The van der Waals surface area contributed by atoms with E-state index in [4.69, 9.17) is 10.00 Å². The van der Waals surface area contributed by atoms with Gasteiger partial charge < -0.3 is 14.7 Å². The van der Waals surface area contributed by atoms with Crippen molar-refractivity contribution in [1.29, 1.82) is 5.26 Å². The van der Waals surface area contributed by atoms with E-state index in [0.717, 1.165) is 16.9 Å². The summed E-state index contributed by atoms with van der Waals surface area (Å²) in [6.45, 7) is 0.949. The van der Waals surface area contributed by atoms with Gasteiger partial charge in [0.25, 0.3) is 0 Å². The number of hydrogen-bond acceptors (Lipinski definition) is 3. The average molecular weight is 297 g/mol. The molecule has 0 aromatic heterocycles. The Bertz CT molecular complexity index is 628. The Balaban J connectivity index is 1.96. The van der Waals surface area contributed by atoms with E-state index in [-0.39, 0.29) is 0 Å². The van der Waals surface area contributed by atoms with Gasteiger partial charge >= 0.3 is 0 Å². The van der Waals surface area contributed by atoms with Crippen molar-refractivity contribution in [3.63, 3.8) is 0 Å². The highest BCUT2D eigenvalue weighted by Gasteiger charge is 2.09. The molecule has 0 saturated heterocycles. The fraction of sp³-hybridized carbons (Fsp3) is 0.278. The Morgan fingerprint density at radius 1 is 1.05 bits per heavy atom. The molecule has 0 fully saturated rings. The lowest BCUT2D eigenvalue weighted by molar-refractivity contribution is -0.861. The number of quaternary nitrogens is 1. The number of benzene rings is 2. The number of ether oxygens (including phenoxy) is 1. The molecule has 0 radical (unpaired) electrons. The van der Waals surface area contributed by atoms with Crippen LogP contribution in [0.3, 0.4) is 0 Å². The second-order valence-electron chi connectivity index (χ2n) is 5.59. The van der Waals surface area contributed by atoms with Crippen molar-refractivity contribution in [2.24, 2.45) is 0 Å². The van der Waals surface area contributed by atoms with Crippen molar-refractivity contribution in [1.82, 2.24) is 0 Å². The summed E-state index contributed by atoms with van der Waals surface area (Å²) in [7, 11) is 3.99. The Kier molecular flexibility index (Phi) is 5.54. The molecule has 0 heterocycles. The summed E-state index contributed by atoms with van der Waals surface area (Å²) in [5, 5.41) is 18.6. The first-order valence-corrected chi connectivity index (χ1v) is 7.29. The summed E-state index contributed by atoms with van der Waals surface area (Å²) in [5.74, 6) is 0.741. The molecule has 1 atom stereocenters. The largest absolute Gasteiger partial charge is 0.491 e. The van der Waals surface area contributed by atoms with Gasteiger partial charge in [-0.1, -0.05) is 24.3 Å². The Morgan fingerprint density at radius 3 is 2.09 bits per heavy atom. The molecule has 0 saturated carbocycles. The smallest absolute Gasteiger partial charge is 0.137 e. The fourth-order valence-corrected chi connectivity index (χ4v) is 2.20. The molecule has 4 nitrogen and oxygen atoms in total. The number of nitriles is 1. The molecule has 114 valence electrons. The number of aliphatic hydroxyl groups is 1. The normalized spacial score (nSPS) is 12.0. The summed E-state index contributed by atoms with van der Waals surface area (Å²) >= 11 is 0. The van der Waals surface area contributed by atoms with E-state index in [0.29, 0.717) is 18.7 Å².